The van der Waals surface area contributed by atoms with Gasteiger partial charge < -0.3 is 110 Å². The van der Waals surface area contributed by atoms with Gasteiger partial charge in [-0.05, 0) is 126 Å². The van der Waals surface area contributed by atoms with E-state index in [2.05, 4.69) is 42.5 Å². The number of phenols is 12. The molecule has 22 N–H and O–H groups in total. The maximum absolute atomic E-state index is 14.4. The zero-order chi connectivity index (χ0) is 62.4. The third-order valence-corrected chi connectivity index (χ3v) is 12.8. The van der Waals surface area contributed by atoms with Gasteiger partial charge in [0.25, 0.3) is 23.6 Å². The summed E-state index contributed by atoms with van der Waals surface area (Å²) in [6.07, 6.45) is 0.751. The van der Waals surface area contributed by atoms with Crippen molar-refractivity contribution in [3.8, 4) is 69.0 Å². The molecule has 30 nitrogen and oxygen atoms in total. The average molecular weight is 1180 g/mol. The fraction of sp³-hybridized carbons (Fsp3) is 0.389. The van der Waals surface area contributed by atoms with E-state index >= 15 is 0 Å². The van der Waals surface area contributed by atoms with Crippen LogP contribution < -0.4 is 48.3 Å². The Kier molecular flexibility index (Phi) is 24.9. The summed E-state index contributed by atoms with van der Waals surface area (Å²) in [6, 6.07) is 1.78. The number of phenolic OH excluding ortho intramolecular Hbond substituents is 12. The predicted molar refractivity (Wildman–Crippen MR) is 293 cm³/mol. The van der Waals surface area contributed by atoms with Crippen molar-refractivity contribution in [2.24, 2.45) is 5.73 Å². The zero-order valence-corrected chi connectivity index (χ0v) is 45.4. The fourth-order valence-corrected chi connectivity index (χ4v) is 8.21. The summed E-state index contributed by atoms with van der Waals surface area (Å²) in [7, 11) is 0. The summed E-state index contributed by atoms with van der Waals surface area (Å²) in [6.45, 7) is 1.02. The van der Waals surface area contributed by atoms with Crippen molar-refractivity contribution in [3.63, 3.8) is 0 Å². The molecule has 30 heteroatoms. The van der Waals surface area contributed by atoms with Crippen LogP contribution in [0.25, 0.3) is 0 Å². The Bertz CT molecular complexity index is 2970. The number of primary amides is 1. The first-order valence-electron chi connectivity index (χ1n) is 26.3. The number of benzene rings is 4. The molecule has 0 aromatic heterocycles. The van der Waals surface area contributed by atoms with E-state index in [1.165, 1.54) is 0 Å². The highest BCUT2D eigenvalue weighted by Gasteiger charge is 2.31. The van der Waals surface area contributed by atoms with Crippen LogP contribution in [-0.2, 0) is 24.0 Å². The van der Waals surface area contributed by atoms with Crippen LogP contribution in [0.15, 0.2) is 48.5 Å². The third-order valence-electron chi connectivity index (χ3n) is 12.8. The first-order valence-corrected chi connectivity index (χ1v) is 26.3. The number of carbonyl (C=O) groups excluding carboxylic acids is 9. The summed E-state index contributed by atoms with van der Waals surface area (Å²) < 4.78 is 0. The lowest BCUT2D eigenvalue weighted by Gasteiger charge is -2.26. The van der Waals surface area contributed by atoms with E-state index in [0.29, 0.717) is 0 Å². The fourth-order valence-electron chi connectivity index (χ4n) is 8.21. The first kappa shape index (κ1) is 66.2. The Hall–Kier alpha value is -10.3. The van der Waals surface area contributed by atoms with Gasteiger partial charge in [-0.25, -0.2) is 0 Å². The van der Waals surface area contributed by atoms with E-state index in [1.807, 2.05) is 0 Å². The lowest BCUT2D eigenvalue weighted by molar-refractivity contribution is -0.134. The molecule has 4 aromatic carbocycles. The molecule has 0 heterocycles. The van der Waals surface area contributed by atoms with Crippen LogP contribution in [0.5, 0.6) is 69.0 Å². The van der Waals surface area contributed by atoms with E-state index in [4.69, 9.17) is 5.73 Å². The smallest absolute Gasteiger partial charge is 0.251 e. The highest BCUT2D eigenvalue weighted by molar-refractivity contribution is 5.98. The van der Waals surface area contributed by atoms with Crippen molar-refractivity contribution in [2.45, 2.75) is 108 Å². The highest BCUT2D eigenvalue weighted by Crippen LogP contribution is 2.38. The second kappa shape index (κ2) is 31.6. The monoisotopic (exact) mass is 1180 g/mol. The number of nitrogens with two attached hydrogens (primary N) is 1. The van der Waals surface area contributed by atoms with Gasteiger partial charge in [-0.3, -0.25) is 43.2 Å². The van der Waals surface area contributed by atoms with Gasteiger partial charge in [-0.2, -0.15) is 0 Å². The molecule has 0 spiro atoms. The lowest BCUT2D eigenvalue weighted by atomic mass is 10.0. The maximum atomic E-state index is 14.4. The first-order chi connectivity index (χ1) is 39.7. The van der Waals surface area contributed by atoms with Crippen LogP contribution in [0.4, 0.5) is 0 Å². The minimum Gasteiger partial charge on any atom is -0.504 e. The van der Waals surface area contributed by atoms with E-state index in [0.717, 1.165) is 55.5 Å². The third kappa shape index (κ3) is 20.1. The van der Waals surface area contributed by atoms with Gasteiger partial charge >= 0.3 is 0 Å². The summed E-state index contributed by atoms with van der Waals surface area (Å²) in [5.41, 5.74) is 4.92. The molecule has 0 bridgehead atoms. The van der Waals surface area contributed by atoms with Gasteiger partial charge in [-0.1, -0.05) is 0 Å². The second-order valence-electron chi connectivity index (χ2n) is 19.3. The van der Waals surface area contributed by atoms with E-state index in [-0.39, 0.29) is 125 Å². The number of hydrogen-bond acceptors (Lipinski definition) is 21. The molecule has 9 amide bonds. The Morgan fingerprint density at radius 3 is 0.750 bits per heavy atom. The van der Waals surface area contributed by atoms with Crippen LogP contribution in [0.1, 0.15) is 125 Å². The van der Waals surface area contributed by atoms with Gasteiger partial charge in [0.05, 0.1) is 0 Å². The van der Waals surface area contributed by atoms with Crippen LogP contribution in [0.3, 0.4) is 0 Å². The maximum Gasteiger partial charge on any atom is 0.251 e. The molecule has 0 unspecified atom stereocenters. The Balaban J connectivity index is 1.51. The lowest BCUT2D eigenvalue weighted by Crippen LogP contribution is -2.58. The standard InChI is InChI=1S/C54H69N9O21/c1-26(64)60-32(11-3-7-15-57-49(79)28-20-37(67)44(74)38(68)21-28)52(82)62-34(13-5-9-17-59-51(81)30-24-41(71)46(76)42(72)25-30)54(84)63-33(12-4-8-16-58-50(80)29-22-39(69)45(75)40(70)23-29)53(83)61-31(47(55)77)10-2-6-14-56-48(78)27-18-35(65)43(73)36(66)19-27/h18-25,31-34,65-76H,2-17H2,1H3,(H2,55,77)(H,56,78)(H,57,79)(H,58,80)(H,59,81)(H,60,64)(H,61,83)(H,62,82)(H,63,84)/t31-,32-,33-,34-/m0/s1. The quantitative estimate of drug-likeness (QED) is 0.0231. The van der Waals surface area contributed by atoms with Crippen molar-refractivity contribution < 1.29 is 104 Å². The molecular formula is C54H69N9O21. The van der Waals surface area contributed by atoms with Crippen LogP contribution >= 0.6 is 0 Å². The second-order valence-corrected chi connectivity index (χ2v) is 19.3. The zero-order valence-electron chi connectivity index (χ0n) is 45.4. The van der Waals surface area contributed by atoms with Crippen molar-refractivity contribution in [2.75, 3.05) is 26.2 Å². The van der Waals surface area contributed by atoms with E-state index in [1.54, 1.807) is 0 Å². The number of unbranched alkanes of at least 4 members (excludes halogenated alkanes) is 4. The minimum atomic E-state index is -1.48. The highest BCUT2D eigenvalue weighted by atomic mass is 16.3. The van der Waals surface area contributed by atoms with Gasteiger partial charge in [0.2, 0.25) is 29.5 Å². The molecule has 0 aliphatic rings. The topological polar surface area (TPSA) is 519 Å². The molecule has 0 fully saturated rings. The van der Waals surface area contributed by atoms with Gasteiger partial charge in [-0.15, -0.1) is 0 Å². The van der Waals surface area contributed by atoms with Crippen molar-refractivity contribution in [1.29, 1.82) is 0 Å². The molecular weight excluding hydrogens is 1110 g/mol. The van der Waals surface area contributed by atoms with Gasteiger partial charge in [0.15, 0.2) is 69.0 Å². The summed E-state index contributed by atoms with van der Waals surface area (Å²) in [5.74, 6) is -16.7. The number of amides is 9. The molecule has 4 rings (SSSR count). The number of nitrogens with one attached hydrogen (secondary N) is 8. The molecule has 0 radical (unpaired) electrons. The molecule has 4 aromatic rings. The number of hydrogen-bond donors (Lipinski definition) is 21. The SMILES string of the molecule is CC(=O)N[C@@H](CCCCNC(=O)c1cc(O)c(O)c(O)c1)C(=O)N[C@@H](CCCCNC(=O)c1cc(O)c(O)c(O)c1)C(=O)N[C@@H](CCCCNC(=O)c1cc(O)c(O)c(O)c1)C(=O)N[C@@H](CCCCNC(=O)c1cc(O)c(O)c(O)c1)C(N)=O. The minimum absolute atomic E-state index is 0.000563. The molecule has 4 atom stereocenters. The number of aromatic hydroxyl groups is 12. The molecule has 0 aliphatic carbocycles. The molecule has 84 heavy (non-hydrogen) atoms. The summed E-state index contributed by atoms with van der Waals surface area (Å²) >= 11 is 0. The molecule has 0 saturated heterocycles. The summed E-state index contributed by atoms with van der Waals surface area (Å²) in [4.78, 5) is 119. The Morgan fingerprint density at radius 1 is 0.333 bits per heavy atom. The van der Waals surface area contributed by atoms with Crippen LogP contribution in [-0.4, -0.2) is 165 Å². The Morgan fingerprint density at radius 2 is 0.536 bits per heavy atom. The largest absolute Gasteiger partial charge is 0.504 e. The Labute approximate surface area is 478 Å². The van der Waals surface area contributed by atoms with Crippen molar-refractivity contribution in [1.82, 2.24) is 42.5 Å². The number of rotatable bonds is 32. The molecule has 0 aliphatic heterocycles. The average Bonchev–Trinajstić information content (AvgIpc) is 3.64. The van der Waals surface area contributed by atoms with E-state index < -0.39 is 146 Å². The van der Waals surface area contributed by atoms with Crippen LogP contribution in [0.2, 0.25) is 0 Å². The van der Waals surface area contributed by atoms with Gasteiger partial charge in [0.1, 0.15) is 24.2 Å². The molecule has 0 saturated carbocycles. The summed E-state index contributed by atoms with van der Waals surface area (Å²) in [5, 5.41) is 138. The number of carbonyl (C=O) groups is 9. The predicted octanol–water partition coefficient (Wildman–Crippen LogP) is 0.299. The van der Waals surface area contributed by atoms with Crippen LogP contribution in [0, 0.1) is 0 Å². The van der Waals surface area contributed by atoms with Crippen molar-refractivity contribution >= 4 is 53.2 Å². The van der Waals surface area contributed by atoms with Gasteiger partial charge in [0, 0.05) is 55.4 Å². The molecule has 456 valence electrons. The van der Waals surface area contributed by atoms with Crippen molar-refractivity contribution in [3.05, 3.63) is 70.8 Å². The normalized spacial score (nSPS) is 12.3. The van der Waals surface area contributed by atoms with E-state index in [9.17, 15) is 104 Å².